The van der Waals surface area contributed by atoms with Crippen LogP contribution >= 0.6 is 0 Å². The highest BCUT2D eigenvalue weighted by Gasteiger charge is 2.24. The minimum absolute atomic E-state index is 0.0775. The molecule has 0 bridgehead atoms. The van der Waals surface area contributed by atoms with E-state index in [0.29, 0.717) is 0 Å². The van der Waals surface area contributed by atoms with Gasteiger partial charge in [0.05, 0.1) is 12.5 Å². The molecule has 0 unspecified atom stereocenters. The first kappa shape index (κ1) is 12.0. The number of rotatable bonds is 3. The Labute approximate surface area is 105 Å². The standard InChI is InChI=1S/C14H13N2O2/c1-2-18-14(17)13(10-15)16-9-5-7-11-6-3-4-8-12(11)16/h3-9,15H,2H2,1H3/q+1. The van der Waals surface area contributed by atoms with Crippen LogP contribution in [-0.4, -0.2) is 18.4 Å². The molecule has 0 spiro atoms. The molecule has 0 atom stereocenters. The second-order valence-electron chi connectivity index (χ2n) is 3.63. The van der Waals surface area contributed by atoms with Gasteiger partial charge in [-0.1, -0.05) is 12.1 Å². The normalized spacial score (nSPS) is 9.83. The zero-order valence-corrected chi connectivity index (χ0v) is 10.0. The van der Waals surface area contributed by atoms with Gasteiger partial charge in [0, 0.05) is 17.5 Å². The van der Waals surface area contributed by atoms with E-state index in [-0.39, 0.29) is 12.3 Å². The third-order valence-corrected chi connectivity index (χ3v) is 2.54. The summed E-state index contributed by atoms with van der Waals surface area (Å²) in [5.41, 5.74) is 0.913. The van der Waals surface area contributed by atoms with Gasteiger partial charge in [-0.25, -0.2) is 4.79 Å². The fraction of sp³-hybridized carbons (Fsp3) is 0.143. The lowest BCUT2D eigenvalue weighted by molar-refractivity contribution is -0.548. The Morgan fingerprint density at radius 1 is 1.33 bits per heavy atom. The molecule has 0 aliphatic heterocycles. The minimum atomic E-state index is -0.547. The van der Waals surface area contributed by atoms with Crippen LogP contribution in [0.15, 0.2) is 42.6 Å². The van der Waals surface area contributed by atoms with Crippen molar-refractivity contribution in [3.05, 3.63) is 42.6 Å². The molecule has 1 heterocycles. The molecule has 2 rings (SSSR count). The third kappa shape index (κ3) is 2.14. The molecule has 4 heteroatoms. The lowest BCUT2D eigenvalue weighted by atomic mass is 10.2. The Morgan fingerprint density at radius 3 is 2.78 bits per heavy atom. The van der Waals surface area contributed by atoms with Crippen molar-refractivity contribution in [2.24, 2.45) is 0 Å². The highest BCUT2D eigenvalue weighted by atomic mass is 16.5. The molecule has 0 radical (unpaired) electrons. The predicted molar refractivity (Wildman–Crippen MR) is 68.2 cm³/mol. The van der Waals surface area contributed by atoms with Crippen LogP contribution in [-0.2, 0) is 9.53 Å². The molecule has 0 saturated heterocycles. The summed E-state index contributed by atoms with van der Waals surface area (Å²) < 4.78 is 6.53. The summed E-state index contributed by atoms with van der Waals surface area (Å²) in [6, 6.07) is 11.4. The van der Waals surface area contributed by atoms with Gasteiger partial charge in [-0.05, 0) is 19.1 Å². The van der Waals surface area contributed by atoms with Crippen molar-refractivity contribution in [1.29, 1.82) is 5.41 Å². The number of esters is 1. The van der Waals surface area contributed by atoms with Gasteiger partial charge in [0.25, 0.3) is 0 Å². The first-order chi connectivity index (χ1) is 8.77. The average Bonchev–Trinajstić information content (AvgIpc) is 2.40. The number of carbonyl (C=O) groups excluding carboxylic acids is 1. The molecule has 1 aromatic carbocycles. The third-order valence-electron chi connectivity index (χ3n) is 2.54. The summed E-state index contributed by atoms with van der Waals surface area (Å²) in [5.74, 6) is 1.60. The molecule has 4 nitrogen and oxygen atoms in total. The number of nitrogens with zero attached hydrogens (tertiary/aromatic N) is 1. The van der Waals surface area contributed by atoms with Gasteiger partial charge in [0.15, 0.2) is 6.20 Å². The van der Waals surface area contributed by atoms with Crippen molar-refractivity contribution in [2.75, 3.05) is 6.61 Å². The molecule has 1 N–H and O–H groups in total. The monoisotopic (exact) mass is 241 g/mol. The number of fused-ring (bicyclic) bond motifs is 1. The first-order valence-electron chi connectivity index (χ1n) is 5.64. The van der Waals surface area contributed by atoms with E-state index in [1.807, 2.05) is 36.4 Å². The number of benzene rings is 1. The maximum absolute atomic E-state index is 11.8. The second kappa shape index (κ2) is 5.25. The molecule has 0 aliphatic carbocycles. The van der Waals surface area contributed by atoms with Gasteiger partial charge >= 0.3 is 11.7 Å². The highest BCUT2D eigenvalue weighted by molar-refractivity contribution is 6.16. The number of aromatic nitrogens is 1. The van der Waals surface area contributed by atoms with E-state index in [0.717, 1.165) is 10.9 Å². The van der Waals surface area contributed by atoms with Crippen molar-refractivity contribution >= 4 is 28.4 Å². The van der Waals surface area contributed by atoms with Gasteiger partial charge in [-0.2, -0.15) is 0 Å². The molecule has 2 aromatic rings. The fourth-order valence-corrected chi connectivity index (χ4v) is 1.76. The van der Waals surface area contributed by atoms with Crippen LogP contribution in [0.1, 0.15) is 6.92 Å². The Hall–Kier alpha value is -2.45. The lowest BCUT2D eigenvalue weighted by Gasteiger charge is -2.01. The van der Waals surface area contributed by atoms with Crippen molar-refractivity contribution in [1.82, 2.24) is 0 Å². The fourth-order valence-electron chi connectivity index (χ4n) is 1.76. The Kier molecular flexibility index (Phi) is 3.51. The van der Waals surface area contributed by atoms with Crippen LogP contribution in [0, 0.1) is 5.41 Å². The number of nitrogens with one attached hydrogen (secondary N) is 1. The van der Waals surface area contributed by atoms with E-state index in [1.165, 1.54) is 0 Å². The Balaban J connectivity index is 2.60. The van der Waals surface area contributed by atoms with Crippen LogP contribution < -0.4 is 4.57 Å². The molecule has 0 fully saturated rings. The summed E-state index contributed by atoms with van der Waals surface area (Å²) in [6.45, 7) is 2.00. The van der Waals surface area contributed by atoms with Crippen LogP contribution in [0.5, 0.6) is 0 Å². The average molecular weight is 241 g/mol. The minimum Gasteiger partial charge on any atom is -0.457 e. The predicted octanol–water partition coefficient (Wildman–Crippen LogP) is 1.78. The number of hydrogen-bond acceptors (Lipinski definition) is 3. The summed E-state index contributed by atoms with van der Waals surface area (Å²) in [6.07, 6.45) is 1.72. The van der Waals surface area contributed by atoms with Crippen LogP contribution in [0.4, 0.5) is 0 Å². The quantitative estimate of drug-likeness (QED) is 0.385. The Bertz CT molecular complexity index is 638. The molecule has 0 amide bonds. The second-order valence-corrected chi connectivity index (χ2v) is 3.63. The summed E-state index contributed by atoms with van der Waals surface area (Å²) in [5, 5.41) is 8.26. The molecule has 0 aliphatic rings. The molecule has 1 aromatic heterocycles. The molecular formula is C14H13N2O2+. The maximum atomic E-state index is 11.8. The Morgan fingerprint density at radius 2 is 2.06 bits per heavy atom. The van der Waals surface area contributed by atoms with Crippen molar-refractivity contribution in [3.8, 4) is 0 Å². The van der Waals surface area contributed by atoms with Crippen LogP contribution in [0.2, 0.25) is 0 Å². The number of para-hydroxylation sites is 1. The number of carbonyl (C=O) groups is 1. The lowest BCUT2D eigenvalue weighted by Crippen LogP contribution is -2.38. The van der Waals surface area contributed by atoms with Gasteiger partial charge in [0.1, 0.15) is 0 Å². The van der Waals surface area contributed by atoms with Gasteiger partial charge in [-0.15, -0.1) is 4.57 Å². The number of pyridine rings is 1. The van der Waals surface area contributed by atoms with Crippen molar-refractivity contribution in [3.63, 3.8) is 0 Å². The number of ether oxygens (including phenoxy) is 1. The van der Waals surface area contributed by atoms with E-state index in [9.17, 15) is 4.79 Å². The van der Waals surface area contributed by atoms with Crippen LogP contribution in [0.3, 0.4) is 0 Å². The van der Waals surface area contributed by atoms with E-state index in [1.54, 1.807) is 17.7 Å². The van der Waals surface area contributed by atoms with E-state index < -0.39 is 5.97 Å². The molecule has 0 saturated carbocycles. The summed E-state index contributed by atoms with van der Waals surface area (Å²) in [4.78, 5) is 11.8. The van der Waals surface area contributed by atoms with Gasteiger partial charge in [-0.3, -0.25) is 5.41 Å². The van der Waals surface area contributed by atoms with E-state index in [2.05, 4.69) is 5.87 Å². The maximum Gasteiger partial charge on any atom is 0.414 e. The highest BCUT2D eigenvalue weighted by Crippen LogP contribution is 2.09. The summed E-state index contributed by atoms with van der Waals surface area (Å²) in [7, 11) is 0. The zero-order chi connectivity index (χ0) is 13.0. The topological polar surface area (TPSA) is 54.0 Å². The number of hydrogen-bond donors (Lipinski definition) is 1. The SMILES string of the molecule is CCOC(=O)C(=C=N)[n+]1cccc2ccccc21. The van der Waals surface area contributed by atoms with Gasteiger partial charge in [0.2, 0.25) is 5.52 Å². The molecule has 90 valence electrons. The van der Waals surface area contributed by atoms with Crippen molar-refractivity contribution in [2.45, 2.75) is 6.92 Å². The molecular weight excluding hydrogens is 228 g/mol. The van der Waals surface area contributed by atoms with E-state index >= 15 is 0 Å². The van der Waals surface area contributed by atoms with E-state index in [4.69, 9.17) is 10.1 Å². The molecule has 18 heavy (non-hydrogen) atoms. The van der Waals surface area contributed by atoms with Crippen LogP contribution in [0.25, 0.3) is 16.6 Å². The smallest absolute Gasteiger partial charge is 0.414 e. The van der Waals surface area contributed by atoms with Gasteiger partial charge < -0.3 is 4.74 Å². The zero-order valence-electron chi connectivity index (χ0n) is 10.0. The van der Waals surface area contributed by atoms with Crippen molar-refractivity contribution < 1.29 is 14.1 Å². The largest absolute Gasteiger partial charge is 0.457 e. The first-order valence-corrected chi connectivity index (χ1v) is 5.64. The summed E-state index contributed by atoms with van der Waals surface area (Å²) >= 11 is 0.